The summed E-state index contributed by atoms with van der Waals surface area (Å²) in [4.78, 5) is 12.5. The lowest BCUT2D eigenvalue weighted by Gasteiger charge is -2.19. The number of amides is 1. The fourth-order valence-electron chi connectivity index (χ4n) is 2.59. The zero-order chi connectivity index (χ0) is 18.2. The first-order valence-electron chi connectivity index (χ1n) is 8.77. The maximum absolute atomic E-state index is 12.6. The summed E-state index contributed by atoms with van der Waals surface area (Å²) in [6.07, 6.45) is 4.30. The van der Waals surface area contributed by atoms with Crippen LogP contribution in [0, 0.1) is 0 Å². The summed E-state index contributed by atoms with van der Waals surface area (Å²) in [5.41, 5.74) is 0.380. The van der Waals surface area contributed by atoms with E-state index in [-0.39, 0.29) is 16.8 Å². The number of unbranched alkanes of at least 4 members (excludes halogenated alkanes) is 2. The summed E-state index contributed by atoms with van der Waals surface area (Å²) in [5.74, 6) is -0.226. The largest absolute Gasteiger partial charge is 0.350 e. The molecule has 0 aliphatic rings. The molecule has 0 saturated heterocycles. The summed E-state index contributed by atoms with van der Waals surface area (Å²) >= 11 is 0. The van der Waals surface area contributed by atoms with Gasteiger partial charge in [-0.2, -0.15) is 4.31 Å². The summed E-state index contributed by atoms with van der Waals surface area (Å²) in [6, 6.07) is 6.34. The number of nitrogens with one attached hydrogen (secondary N) is 1. The Hall–Kier alpha value is -1.40. The first-order valence-corrected chi connectivity index (χ1v) is 10.2. The van der Waals surface area contributed by atoms with Crippen molar-refractivity contribution in [2.24, 2.45) is 0 Å². The maximum Gasteiger partial charge on any atom is 0.251 e. The number of hydrogen-bond acceptors (Lipinski definition) is 3. The quantitative estimate of drug-likeness (QED) is 0.655. The number of carbonyl (C=O) groups is 1. The van der Waals surface area contributed by atoms with Crippen LogP contribution in [-0.2, 0) is 10.0 Å². The van der Waals surface area contributed by atoms with E-state index in [0.717, 1.165) is 25.7 Å². The van der Waals surface area contributed by atoms with Gasteiger partial charge in [0.2, 0.25) is 10.0 Å². The van der Waals surface area contributed by atoms with E-state index in [1.54, 1.807) is 26.0 Å². The molecular weight excluding hydrogens is 324 g/mol. The zero-order valence-electron chi connectivity index (χ0n) is 15.2. The Morgan fingerprint density at radius 2 is 1.83 bits per heavy atom. The van der Waals surface area contributed by atoms with Crippen molar-refractivity contribution in [1.29, 1.82) is 0 Å². The van der Waals surface area contributed by atoms with E-state index in [9.17, 15) is 13.2 Å². The van der Waals surface area contributed by atoms with E-state index >= 15 is 0 Å². The fraction of sp³-hybridized carbons (Fsp3) is 0.611. The van der Waals surface area contributed by atoms with Crippen molar-refractivity contribution >= 4 is 15.9 Å². The Morgan fingerprint density at radius 3 is 2.42 bits per heavy atom. The Kier molecular flexibility index (Phi) is 8.42. The van der Waals surface area contributed by atoms with Gasteiger partial charge in [-0.1, -0.05) is 46.1 Å². The molecule has 1 aromatic carbocycles. The highest BCUT2D eigenvalue weighted by molar-refractivity contribution is 7.89. The van der Waals surface area contributed by atoms with Gasteiger partial charge in [0.15, 0.2) is 0 Å². The van der Waals surface area contributed by atoms with Crippen LogP contribution in [0.15, 0.2) is 29.2 Å². The van der Waals surface area contributed by atoms with Crippen LogP contribution in [0.2, 0.25) is 0 Å². The second kappa shape index (κ2) is 9.79. The molecule has 0 aromatic heterocycles. The van der Waals surface area contributed by atoms with Gasteiger partial charge in [-0.05, 0) is 31.5 Å². The minimum atomic E-state index is -3.55. The Balaban J connectivity index is 2.86. The Morgan fingerprint density at radius 1 is 1.17 bits per heavy atom. The van der Waals surface area contributed by atoms with Crippen molar-refractivity contribution in [3.05, 3.63) is 29.8 Å². The number of sulfonamides is 1. The monoisotopic (exact) mass is 354 g/mol. The standard InChI is InChI=1S/C18H30N2O3S/c1-5-8-9-11-15(4)19-18(21)16-12-10-13-17(14-16)24(22,23)20(6-2)7-3/h10,12-15H,5-9,11H2,1-4H3,(H,19,21)/t15-/m1/s1. The second-order valence-electron chi connectivity index (χ2n) is 5.99. The number of hydrogen-bond donors (Lipinski definition) is 1. The van der Waals surface area contributed by atoms with Crippen molar-refractivity contribution in [2.45, 2.75) is 64.3 Å². The highest BCUT2D eigenvalue weighted by Crippen LogP contribution is 2.17. The van der Waals surface area contributed by atoms with Gasteiger partial charge in [0.05, 0.1) is 4.90 Å². The molecule has 0 spiro atoms. The molecule has 1 rings (SSSR count). The van der Waals surface area contributed by atoms with Crippen LogP contribution >= 0.6 is 0 Å². The van der Waals surface area contributed by atoms with Crippen LogP contribution in [0.3, 0.4) is 0 Å². The molecule has 0 aliphatic carbocycles. The number of carbonyl (C=O) groups excluding carboxylic acids is 1. The molecule has 24 heavy (non-hydrogen) atoms. The van der Waals surface area contributed by atoms with Gasteiger partial charge in [0.25, 0.3) is 5.91 Å². The smallest absolute Gasteiger partial charge is 0.251 e. The Bertz CT molecular complexity index is 625. The highest BCUT2D eigenvalue weighted by atomic mass is 32.2. The van der Waals surface area contributed by atoms with Crippen molar-refractivity contribution in [1.82, 2.24) is 9.62 Å². The van der Waals surface area contributed by atoms with E-state index < -0.39 is 10.0 Å². The van der Waals surface area contributed by atoms with Crippen LogP contribution in [0.5, 0.6) is 0 Å². The fourth-order valence-corrected chi connectivity index (χ4v) is 4.09. The molecule has 0 unspecified atom stereocenters. The minimum absolute atomic E-state index is 0.0760. The van der Waals surface area contributed by atoms with Gasteiger partial charge >= 0.3 is 0 Å². The topological polar surface area (TPSA) is 66.5 Å². The third kappa shape index (κ3) is 5.60. The maximum atomic E-state index is 12.6. The molecule has 1 N–H and O–H groups in total. The summed E-state index contributed by atoms with van der Waals surface area (Å²) in [5, 5.41) is 2.94. The van der Waals surface area contributed by atoms with Crippen LogP contribution in [-0.4, -0.2) is 37.8 Å². The first kappa shape index (κ1) is 20.6. The van der Waals surface area contributed by atoms with Crippen molar-refractivity contribution in [2.75, 3.05) is 13.1 Å². The van der Waals surface area contributed by atoms with E-state index in [1.165, 1.54) is 16.4 Å². The molecule has 0 radical (unpaired) electrons. The van der Waals surface area contributed by atoms with Gasteiger partial charge in [-0.3, -0.25) is 4.79 Å². The third-order valence-corrected chi connectivity index (χ3v) is 6.10. The minimum Gasteiger partial charge on any atom is -0.350 e. The molecule has 1 amide bonds. The molecule has 0 fully saturated rings. The average molecular weight is 355 g/mol. The number of nitrogens with zero attached hydrogens (tertiary/aromatic N) is 1. The number of benzene rings is 1. The molecule has 5 nitrogen and oxygen atoms in total. The van der Waals surface area contributed by atoms with Crippen molar-refractivity contribution in [3.63, 3.8) is 0 Å². The van der Waals surface area contributed by atoms with Crippen LogP contribution in [0.4, 0.5) is 0 Å². The van der Waals surface area contributed by atoms with E-state index in [4.69, 9.17) is 0 Å². The summed E-state index contributed by atoms with van der Waals surface area (Å²) in [7, 11) is -3.55. The average Bonchev–Trinajstić information content (AvgIpc) is 2.56. The van der Waals surface area contributed by atoms with E-state index in [0.29, 0.717) is 18.7 Å². The van der Waals surface area contributed by atoms with Crippen molar-refractivity contribution < 1.29 is 13.2 Å². The lowest BCUT2D eigenvalue weighted by molar-refractivity contribution is 0.0937. The Labute approximate surface area is 146 Å². The molecule has 0 heterocycles. The molecule has 6 heteroatoms. The predicted octanol–water partition coefficient (Wildman–Crippen LogP) is 3.42. The second-order valence-corrected chi connectivity index (χ2v) is 7.93. The van der Waals surface area contributed by atoms with Crippen LogP contribution in [0.1, 0.15) is 63.7 Å². The zero-order valence-corrected chi connectivity index (χ0v) is 16.0. The number of rotatable bonds is 10. The highest BCUT2D eigenvalue weighted by Gasteiger charge is 2.22. The molecule has 0 saturated carbocycles. The predicted molar refractivity (Wildman–Crippen MR) is 97.6 cm³/mol. The summed E-state index contributed by atoms with van der Waals surface area (Å²) < 4.78 is 26.5. The lowest BCUT2D eigenvalue weighted by Crippen LogP contribution is -2.33. The SMILES string of the molecule is CCCCC[C@@H](C)NC(=O)c1cccc(S(=O)(=O)N(CC)CC)c1. The van der Waals surface area contributed by atoms with Gasteiger partial charge in [-0.15, -0.1) is 0 Å². The third-order valence-electron chi connectivity index (χ3n) is 4.06. The van der Waals surface area contributed by atoms with Crippen LogP contribution < -0.4 is 5.32 Å². The van der Waals surface area contributed by atoms with Gasteiger partial charge in [0, 0.05) is 24.7 Å². The first-order chi connectivity index (χ1) is 11.4. The molecule has 0 aliphatic heterocycles. The lowest BCUT2D eigenvalue weighted by atomic mass is 10.1. The normalized spacial score (nSPS) is 13.0. The van der Waals surface area contributed by atoms with Crippen LogP contribution in [0.25, 0.3) is 0 Å². The molecular formula is C18H30N2O3S. The van der Waals surface area contributed by atoms with Crippen molar-refractivity contribution in [3.8, 4) is 0 Å². The van der Waals surface area contributed by atoms with E-state index in [2.05, 4.69) is 12.2 Å². The van der Waals surface area contributed by atoms with Gasteiger partial charge < -0.3 is 5.32 Å². The molecule has 1 aromatic rings. The van der Waals surface area contributed by atoms with Gasteiger partial charge in [0.1, 0.15) is 0 Å². The summed E-state index contributed by atoms with van der Waals surface area (Å²) in [6.45, 7) is 8.54. The van der Waals surface area contributed by atoms with E-state index in [1.807, 2.05) is 6.92 Å². The molecule has 0 bridgehead atoms. The molecule has 136 valence electrons. The van der Waals surface area contributed by atoms with Gasteiger partial charge in [-0.25, -0.2) is 8.42 Å². The molecule has 1 atom stereocenters.